The molecular weight excluding hydrogens is 202 g/mol. The summed E-state index contributed by atoms with van der Waals surface area (Å²) in [6.45, 7) is 2.38. The Morgan fingerprint density at radius 2 is 2.07 bits per heavy atom. The molecule has 78 valence electrons. The number of hydrogen-bond donors (Lipinski definition) is 1. The first-order valence-electron chi connectivity index (χ1n) is 4.46. The summed E-state index contributed by atoms with van der Waals surface area (Å²) in [6, 6.07) is 5.94. The van der Waals surface area contributed by atoms with Crippen molar-refractivity contribution in [3.63, 3.8) is 0 Å². The van der Waals surface area contributed by atoms with E-state index < -0.39 is 0 Å². The van der Waals surface area contributed by atoms with E-state index in [1.165, 1.54) is 0 Å². The van der Waals surface area contributed by atoms with E-state index in [-0.39, 0.29) is 18.4 Å². The molecule has 0 aliphatic carbocycles. The van der Waals surface area contributed by atoms with Crippen LogP contribution in [-0.2, 0) is 0 Å². The number of halogens is 1. The second-order valence-corrected chi connectivity index (χ2v) is 3.13. The standard InChI is InChI=1S/C10H13NO2.ClH/c1-2-8(11)7-3-4-9-10(5-7)13-6-12-9;/h3-5,8H,2,6,11H2,1H3;1H/t8-;/m1./s1. The highest BCUT2D eigenvalue weighted by Crippen LogP contribution is 2.34. The van der Waals surface area contributed by atoms with E-state index in [1.54, 1.807) is 0 Å². The molecule has 1 aromatic rings. The molecule has 0 bridgehead atoms. The minimum Gasteiger partial charge on any atom is -0.454 e. The summed E-state index contributed by atoms with van der Waals surface area (Å²) in [5, 5.41) is 0. The Labute approximate surface area is 89.6 Å². The zero-order valence-corrected chi connectivity index (χ0v) is 8.84. The van der Waals surface area contributed by atoms with Gasteiger partial charge in [0.25, 0.3) is 0 Å². The Kier molecular flexibility index (Phi) is 3.61. The molecule has 1 aromatic carbocycles. The number of ether oxygens (including phenoxy) is 2. The summed E-state index contributed by atoms with van der Waals surface area (Å²) < 4.78 is 10.5. The number of nitrogens with two attached hydrogens (primary N) is 1. The molecule has 0 amide bonds. The third kappa shape index (κ3) is 1.94. The van der Waals surface area contributed by atoms with Crippen LogP contribution in [0.4, 0.5) is 0 Å². The first-order chi connectivity index (χ1) is 6.31. The lowest BCUT2D eigenvalue weighted by atomic mass is 10.1. The predicted molar refractivity (Wildman–Crippen MR) is 57.0 cm³/mol. The summed E-state index contributed by atoms with van der Waals surface area (Å²) in [7, 11) is 0. The molecule has 2 N–H and O–H groups in total. The average Bonchev–Trinajstić information content (AvgIpc) is 2.63. The van der Waals surface area contributed by atoms with E-state index in [9.17, 15) is 0 Å². The molecule has 0 spiro atoms. The predicted octanol–water partition coefficient (Wildman–Crippen LogP) is 2.25. The molecule has 1 aliphatic rings. The zero-order valence-electron chi connectivity index (χ0n) is 8.03. The van der Waals surface area contributed by atoms with Gasteiger partial charge in [0.1, 0.15) is 0 Å². The fourth-order valence-electron chi connectivity index (χ4n) is 1.38. The number of fused-ring (bicyclic) bond motifs is 1. The summed E-state index contributed by atoms with van der Waals surface area (Å²) in [4.78, 5) is 0. The summed E-state index contributed by atoms with van der Waals surface area (Å²) in [5.41, 5.74) is 7.00. The zero-order chi connectivity index (χ0) is 9.26. The SMILES string of the molecule is CC[C@@H](N)c1ccc2c(c1)OCO2.Cl. The van der Waals surface area contributed by atoms with Crippen molar-refractivity contribution in [2.24, 2.45) is 5.73 Å². The van der Waals surface area contributed by atoms with Crippen LogP contribution in [0.5, 0.6) is 11.5 Å². The van der Waals surface area contributed by atoms with Gasteiger partial charge in [0.05, 0.1) is 0 Å². The highest BCUT2D eigenvalue weighted by atomic mass is 35.5. The Bertz CT molecular complexity index is 317. The van der Waals surface area contributed by atoms with Gasteiger partial charge >= 0.3 is 0 Å². The molecule has 1 aliphatic heterocycles. The lowest BCUT2D eigenvalue weighted by Crippen LogP contribution is -2.08. The van der Waals surface area contributed by atoms with Gasteiger partial charge in [-0.15, -0.1) is 12.4 Å². The van der Waals surface area contributed by atoms with Crippen molar-refractivity contribution in [2.75, 3.05) is 6.79 Å². The van der Waals surface area contributed by atoms with Gasteiger partial charge < -0.3 is 15.2 Å². The van der Waals surface area contributed by atoms with Gasteiger partial charge in [0, 0.05) is 6.04 Å². The third-order valence-corrected chi connectivity index (χ3v) is 2.26. The lowest BCUT2D eigenvalue weighted by Gasteiger charge is -2.09. The molecule has 14 heavy (non-hydrogen) atoms. The van der Waals surface area contributed by atoms with Gasteiger partial charge in [0.15, 0.2) is 11.5 Å². The van der Waals surface area contributed by atoms with E-state index in [0.717, 1.165) is 23.5 Å². The average molecular weight is 216 g/mol. The molecule has 4 heteroatoms. The van der Waals surface area contributed by atoms with E-state index in [4.69, 9.17) is 15.2 Å². The quantitative estimate of drug-likeness (QED) is 0.823. The molecule has 0 aromatic heterocycles. The van der Waals surface area contributed by atoms with Crippen LogP contribution < -0.4 is 15.2 Å². The maximum atomic E-state index is 5.89. The molecule has 1 heterocycles. The minimum atomic E-state index is 0. The Balaban J connectivity index is 0.000000980. The fraction of sp³-hybridized carbons (Fsp3) is 0.400. The van der Waals surface area contributed by atoms with Crippen molar-refractivity contribution in [3.8, 4) is 11.5 Å². The molecule has 2 rings (SSSR count). The highest BCUT2D eigenvalue weighted by molar-refractivity contribution is 5.85. The molecule has 3 nitrogen and oxygen atoms in total. The number of hydrogen-bond acceptors (Lipinski definition) is 3. The molecule has 0 unspecified atom stereocenters. The van der Waals surface area contributed by atoms with E-state index in [0.29, 0.717) is 6.79 Å². The van der Waals surface area contributed by atoms with Crippen molar-refractivity contribution in [1.82, 2.24) is 0 Å². The van der Waals surface area contributed by atoms with Crippen LogP contribution in [0.15, 0.2) is 18.2 Å². The van der Waals surface area contributed by atoms with E-state index in [2.05, 4.69) is 6.92 Å². The maximum Gasteiger partial charge on any atom is 0.231 e. The summed E-state index contributed by atoms with van der Waals surface area (Å²) in [5.74, 6) is 1.62. The van der Waals surface area contributed by atoms with Crippen LogP contribution in [-0.4, -0.2) is 6.79 Å². The van der Waals surface area contributed by atoms with Crippen molar-refractivity contribution in [2.45, 2.75) is 19.4 Å². The van der Waals surface area contributed by atoms with Crippen molar-refractivity contribution < 1.29 is 9.47 Å². The van der Waals surface area contributed by atoms with Crippen molar-refractivity contribution in [3.05, 3.63) is 23.8 Å². The van der Waals surface area contributed by atoms with Gasteiger partial charge in [-0.2, -0.15) is 0 Å². The topological polar surface area (TPSA) is 44.5 Å². The Morgan fingerprint density at radius 3 is 2.79 bits per heavy atom. The molecule has 0 fully saturated rings. The van der Waals surface area contributed by atoms with Crippen LogP contribution in [0.2, 0.25) is 0 Å². The number of benzene rings is 1. The maximum absolute atomic E-state index is 5.89. The minimum absolute atomic E-state index is 0. The van der Waals surface area contributed by atoms with Crippen LogP contribution in [0.25, 0.3) is 0 Å². The molecular formula is C10H14ClNO2. The number of rotatable bonds is 2. The van der Waals surface area contributed by atoms with E-state index in [1.807, 2.05) is 18.2 Å². The molecule has 0 radical (unpaired) electrons. The van der Waals surface area contributed by atoms with Crippen LogP contribution in [0, 0.1) is 0 Å². The molecule has 1 atom stereocenters. The smallest absolute Gasteiger partial charge is 0.231 e. The van der Waals surface area contributed by atoms with Gasteiger partial charge in [-0.25, -0.2) is 0 Å². The molecule has 0 saturated carbocycles. The Hall–Kier alpha value is -0.930. The van der Waals surface area contributed by atoms with Crippen LogP contribution >= 0.6 is 12.4 Å². The Morgan fingerprint density at radius 1 is 1.36 bits per heavy atom. The van der Waals surface area contributed by atoms with Crippen molar-refractivity contribution >= 4 is 12.4 Å². The van der Waals surface area contributed by atoms with Crippen LogP contribution in [0.1, 0.15) is 24.9 Å². The second kappa shape index (κ2) is 4.53. The lowest BCUT2D eigenvalue weighted by molar-refractivity contribution is 0.174. The largest absolute Gasteiger partial charge is 0.454 e. The fourth-order valence-corrected chi connectivity index (χ4v) is 1.38. The second-order valence-electron chi connectivity index (χ2n) is 3.13. The normalized spacial score (nSPS) is 14.7. The first kappa shape index (κ1) is 11.1. The molecule has 0 saturated heterocycles. The summed E-state index contributed by atoms with van der Waals surface area (Å²) >= 11 is 0. The van der Waals surface area contributed by atoms with Gasteiger partial charge in [-0.3, -0.25) is 0 Å². The monoisotopic (exact) mass is 215 g/mol. The summed E-state index contributed by atoms with van der Waals surface area (Å²) in [6.07, 6.45) is 0.930. The van der Waals surface area contributed by atoms with E-state index >= 15 is 0 Å². The van der Waals surface area contributed by atoms with Gasteiger partial charge in [-0.1, -0.05) is 13.0 Å². The highest BCUT2D eigenvalue weighted by Gasteiger charge is 2.14. The van der Waals surface area contributed by atoms with Crippen LogP contribution in [0.3, 0.4) is 0 Å². The first-order valence-corrected chi connectivity index (χ1v) is 4.46. The van der Waals surface area contributed by atoms with Gasteiger partial charge in [0.2, 0.25) is 6.79 Å². The third-order valence-electron chi connectivity index (χ3n) is 2.26. The van der Waals surface area contributed by atoms with Gasteiger partial charge in [-0.05, 0) is 24.1 Å². The van der Waals surface area contributed by atoms with Crippen molar-refractivity contribution in [1.29, 1.82) is 0 Å².